The molecule has 4 aromatic rings. The van der Waals surface area contributed by atoms with E-state index in [0.717, 1.165) is 38.0 Å². The van der Waals surface area contributed by atoms with Gasteiger partial charge in [0.2, 0.25) is 5.91 Å². The summed E-state index contributed by atoms with van der Waals surface area (Å²) in [6.45, 7) is 2.37. The van der Waals surface area contributed by atoms with Crippen LogP contribution >= 0.6 is 0 Å². The molecule has 1 saturated carbocycles. The number of hydrogen-bond donors (Lipinski definition) is 0. The number of carbonyl (C=O) groups is 1. The van der Waals surface area contributed by atoms with Gasteiger partial charge in [-0.25, -0.2) is 0 Å². The number of nitrogens with zero attached hydrogens (tertiary/aromatic N) is 3. The van der Waals surface area contributed by atoms with Gasteiger partial charge in [-0.05, 0) is 53.6 Å². The Morgan fingerprint density at radius 3 is 2.68 bits per heavy atom. The van der Waals surface area contributed by atoms with Crippen molar-refractivity contribution >= 4 is 16.8 Å². The van der Waals surface area contributed by atoms with Gasteiger partial charge in [0.05, 0.1) is 11.6 Å². The quantitative estimate of drug-likeness (QED) is 0.397. The lowest BCUT2D eigenvalue weighted by molar-refractivity contribution is -0.131. The van der Waals surface area contributed by atoms with Crippen molar-refractivity contribution < 1.29 is 4.79 Å². The predicted molar refractivity (Wildman–Crippen MR) is 133 cm³/mol. The summed E-state index contributed by atoms with van der Waals surface area (Å²) in [5.74, 6) is 1.22. The molecule has 168 valence electrons. The highest BCUT2D eigenvalue weighted by Gasteiger charge is 2.46. The van der Waals surface area contributed by atoms with E-state index in [1.807, 2.05) is 24.3 Å². The van der Waals surface area contributed by atoms with Gasteiger partial charge in [-0.1, -0.05) is 60.7 Å². The number of amides is 1. The van der Waals surface area contributed by atoms with Crippen LogP contribution in [0.5, 0.6) is 0 Å². The van der Waals surface area contributed by atoms with Gasteiger partial charge < -0.3 is 9.47 Å². The second kappa shape index (κ2) is 8.50. The zero-order valence-electron chi connectivity index (χ0n) is 19.1. The first kappa shape index (κ1) is 20.7. The number of fused-ring (bicyclic) bond motifs is 1. The van der Waals surface area contributed by atoms with Crippen molar-refractivity contribution in [2.45, 2.75) is 31.2 Å². The molecule has 1 aliphatic heterocycles. The summed E-state index contributed by atoms with van der Waals surface area (Å²) < 4.78 is 2.29. The monoisotopic (exact) mass is 445 g/mol. The molecule has 1 saturated heterocycles. The molecule has 4 heteroatoms. The van der Waals surface area contributed by atoms with E-state index in [-0.39, 0.29) is 5.92 Å². The van der Waals surface area contributed by atoms with Crippen molar-refractivity contribution in [1.29, 1.82) is 5.26 Å². The Morgan fingerprint density at radius 2 is 1.82 bits per heavy atom. The van der Waals surface area contributed by atoms with Crippen LogP contribution in [0.2, 0.25) is 0 Å². The highest BCUT2D eigenvalue weighted by atomic mass is 16.2. The number of likely N-dealkylation sites (tertiary alicyclic amines) is 1. The molecule has 2 aliphatic rings. The fraction of sp³-hybridized carbons (Fsp3) is 0.267. The average molecular weight is 446 g/mol. The normalized spacial score (nSPS) is 21.5. The van der Waals surface area contributed by atoms with Crippen molar-refractivity contribution in [2.24, 2.45) is 5.92 Å². The lowest BCUT2D eigenvalue weighted by atomic mass is 9.98. The van der Waals surface area contributed by atoms with E-state index in [4.69, 9.17) is 0 Å². The lowest BCUT2D eigenvalue weighted by Crippen LogP contribution is -2.30. The van der Waals surface area contributed by atoms with Gasteiger partial charge in [0, 0.05) is 48.6 Å². The Bertz CT molecular complexity index is 1400. The second-order valence-electron chi connectivity index (χ2n) is 9.67. The summed E-state index contributed by atoms with van der Waals surface area (Å²) >= 11 is 0. The number of benzene rings is 3. The minimum Gasteiger partial charge on any atom is -0.343 e. The first-order valence-electron chi connectivity index (χ1n) is 12.1. The molecule has 0 bridgehead atoms. The van der Waals surface area contributed by atoms with Crippen molar-refractivity contribution in [3.05, 3.63) is 107 Å². The molecule has 0 spiro atoms. The minimum absolute atomic E-state index is 0.148. The van der Waals surface area contributed by atoms with Crippen molar-refractivity contribution in [1.82, 2.24) is 9.47 Å². The van der Waals surface area contributed by atoms with E-state index in [0.29, 0.717) is 23.3 Å². The van der Waals surface area contributed by atoms with Crippen molar-refractivity contribution in [3.63, 3.8) is 0 Å². The van der Waals surface area contributed by atoms with Gasteiger partial charge in [0.1, 0.15) is 0 Å². The van der Waals surface area contributed by atoms with Crippen LogP contribution in [-0.2, 0) is 11.3 Å². The molecular weight excluding hydrogens is 418 g/mol. The molecule has 2 fully saturated rings. The number of hydrogen-bond acceptors (Lipinski definition) is 2. The van der Waals surface area contributed by atoms with Crippen molar-refractivity contribution in [2.75, 3.05) is 13.1 Å². The topological polar surface area (TPSA) is 49.0 Å². The molecule has 2 heterocycles. The molecule has 1 aliphatic carbocycles. The van der Waals surface area contributed by atoms with Gasteiger partial charge in [-0.3, -0.25) is 4.79 Å². The fourth-order valence-corrected chi connectivity index (χ4v) is 5.65. The van der Waals surface area contributed by atoms with E-state index in [2.05, 4.69) is 76.3 Å². The molecule has 3 atom stereocenters. The molecule has 4 nitrogen and oxygen atoms in total. The predicted octanol–water partition coefficient (Wildman–Crippen LogP) is 5.68. The Labute approximate surface area is 200 Å². The fourth-order valence-electron chi connectivity index (χ4n) is 5.65. The molecule has 0 N–H and O–H groups in total. The van der Waals surface area contributed by atoms with E-state index >= 15 is 0 Å². The van der Waals surface area contributed by atoms with Gasteiger partial charge in [0.25, 0.3) is 0 Å². The van der Waals surface area contributed by atoms with Crippen LogP contribution in [0.15, 0.2) is 85.1 Å². The van der Waals surface area contributed by atoms with Crippen LogP contribution in [0.25, 0.3) is 10.9 Å². The van der Waals surface area contributed by atoms with Crippen LogP contribution in [0, 0.1) is 17.2 Å². The van der Waals surface area contributed by atoms with Crippen LogP contribution in [0.1, 0.15) is 46.9 Å². The maximum Gasteiger partial charge on any atom is 0.226 e. The molecule has 3 unspecified atom stereocenters. The summed E-state index contributed by atoms with van der Waals surface area (Å²) in [5.41, 5.74) is 5.64. The van der Waals surface area contributed by atoms with Crippen LogP contribution < -0.4 is 0 Å². The number of carbonyl (C=O) groups excluding carboxylic acids is 1. The SMILES string of the molecule is N#Cc1cccc(Cn2cc(C3CCN(C(=O)C4CC4c4ccccc4)C3)c3ccccc32)c1. The number of para-hydroxylation sites is 1. The molecule has 1 aromatic heterocycles. The zero-order valence-corrected chi connectivity index (χ0v) is 19.1. The second-order valence-corrected chi connectivity index (χ2v) is 9.67. The van der Waals surface area contributed by atoms with E-state index in [9.17, 15) is 10.1 Å². The van der Waals surface area contributed by atoms with Crippen molar-refractivity contribution in [3.8, 4) is 6.07 Å². The van der Waals surface area contributed by atoms with E-state index in [1.54, 1.807) is 0 Å². The van der Waals surface area contributed by atoms with Gasteiger partial charge in [0.15, 0.2) is 0 Å². The van der Waals surface area contributed by atoms with E-state index in [1.165, 1.54) is 22.0 Å². The zero-order chi connectivity index (χ0) is 23.1. The third kappa shape index (κ3) is 3.78. The van der Waals surface area contributed by atoms with Gasteiger partial charge in [-0.2, -0.15) is 5.26 Å². The van der Waals surface area contributed by atoms with Gasteiger partial charge in [-0.15, -0.1) is 0 Å². The van der Waals surface area contributed by atoms with Crippen LogP contribution in [0.3, 0.4) is 0 Å². The molecule has 0 radical (unpaired) electrons. The average Bonchev–Trinajstić information content (AvgIpc) is 3.40. The Kier molecular flexibility index (Phi) is 5.19. The highest BCUT2D eigenvalue weighted by Crippen LogP contribution is 2.49. The van der Waals surface area contributed by atoms with Crippen LogP contribution in [0.4, 0.5) is 0 Å². The number of aromatic nitrogens is 1. The number of rotatable bonds is 5. The molecule has 6 rings (SSSR count). The smallest absolute Gasteiger partial charge is 0.226 e. The molecular formula is C30H27N3O. The summed E-state index contributed by atoms with van der Waals surface area (Å²) in [7, 11) is 0. The summed E-state index contributed by atoms with van der Waals surface area (Å²) in [4.78, 5) is 15.3. The Morgan fingerprint density at radius 1 is 1.00 bits per heavy atom. The standard InChI is InChI=1S/C30H27N3O/c31-17-21-7-6-8-22(15-21)18-33-20-28(25-11-4-5-12-29(25)33)24-13-14-32(19-24)30(34)27-16-26(27)23-9-2-1-3-10-23/h1-12,15,20,24,26-27H,13-14,16,18-19H2. The Hall–Kier alpha value is -3.84. The largest absolute Gasteiger partial charge is 0.343 e. The highest BCUT2D eigenvalue weighted by molar-refractivity contribution is 5.86. The molecule has 34 heavy (non-hydrogen) atoms. The summed E-state index contributed by atoms with van der Waals surface area (Å²) in [6, 6.07) is 29.0. The third-order valence-electron chi connectivity index (χ3n) is 7.50. The maximum atomic E-state index is 13.2. The summed E-state index contributed by atoms with van der Waals surface area (Å²) in [5, 5.41) is 10.5. The molecule has 1 amide bonds. The van der Waals surface area contributed by atoms with E-state index < -0.39 is 0 Å². The minimum atomic E-state index is 0.148. The first-order valence-corrected chi connectivity index (χ1v) is 12.1. The maximum absolute atomic E-state index is 13.2. The third-order valence-corrected chi connectivity index (χ3v) is 7.50. The summed E-state index contributed by atoms with van der Waals surface area (Å²) in [6.07, 6.45) is 4.25. The number of nitriles is 1. The molecule has 3 aromatic carbocycles. The Balaban J connectivity index is 1.21. The lowest BCUT2D eigenvalue weighted by Gasteiger charge is -2.17. The van der Waals surface area contributed by atoms with Gasteiger partial charge >= 0.3 is 0 Å². The van der Waals surface area contributed by atoms with Crippen LogP contribution in [-0.4, -0.2) is 28.5 Å². The first-order chi connectivity index (χ1) is 16.7.